The number of carbonyl (C=O) groups excluding carboxylic acids is 1. The van der Waals surface area contributed by atoms with Crippen molar-refractivity contribution in [2.75, 3.05) is 0 Å². The summed E-state index contributed by atoms with van der Waals surface area (Å²) >= 11 is 1.04. The quantitative estimate of drug-likeness (QED) is 0.436. The summed E-state index contributed by atoms with van der Waals surface area (Å²) in [5, 5.41) is 0. The first-order valence-electron chi connectivity index (χ1n) is 4.19. The normalized spacial score (nSPS) is 13.0. The summed E-state index contributed by atoms with van der Waals surface area (Å²) in [7, 11) is 0. The second-order valence-electron chi connectivity index (χ2n) is 3.01. The lowest BCUT2D eigenvalue weighted by Gasteiger charge is -2.04. The Morgan fingerprint density at radius 2 is 2.10 bits per heavy atom. The van der Waals surface area contributed by atoms with E-state index in [1.807, 2.05) is 0 Å². The van der Waals surface area contributed by atoms with Crippen molar-refractivity contribution in [3.63, 3.8) is 0 Å². The van der Waals surface area contributed by atoms with Gasteiger partial charge in [-0.15, -0.1) is 0 Å². The van der Waals surface area contributed by atoms with Crippen molar-refractivity contribution in [1.29, 1.82) is 0 Å². The van der Waals surface area contributed by atoms with Crippen LogP contribution in [-0.2, 0) is 4.79 Å². The summed E-state index contributed by atoms with van der Waals surface area (Å²) in [5.74, 6) is 0.391. The second-order valence-corrected chi connectivity index (χ2v) is 4.40. The third-order valence-corrected chi connectivity index (χ3v) is 3.33. The zero-order valence-corrected chi connectivity index (χ0v) is 9.31. The molecule has 1 nitrogen and oxygen atoms in total. The van der Waals surface area contributed by atoms with E-state index in [0.717, 1.165) is 22.7 Å². The van der Waals surface area contributed by atoms with Crippen LogP contribution in [0.3, 0.4) is 0 Å². The van der Waals surface area contributed by atoms with Gasteiger partial charge in [0.15, 0.2) is 0 Å². The predicted molar refractivity (Wildman–Crippen MR) is 47.1 cm³/mol. The Morgan fingerprint density at radius 1 is 1.50 bits per heavy atom. The molecule has 0 aliphatic carbocycles. The molecule has 0 bridgehead atoms. The number of rotatable bonds is 5. The van der Waals surface area contributed by atoms with E-state index >= 15 is 0 Å². The van der Waals surface area contributed by atoms with Crippen molar-refractivity contribution in [2.45, 2.75) is 44.3 Å². The van der Waals surface area contributed by atoms with Crippen molar-refractivity contribution >= 4 is 22.1 Å². The van der Waals surface area contributed by atoms with Gasteiger partial charge in [0, 0.05) is 0 Å². The van der Waals surface area contributed by atoms with Gasteiger partial charge >= 0.3 is 0 Å². The van der Waals surface area contributed by atoms with Gasteiger partial charge in [-0.2, -0.15) is 0 Å². The van der Waals surface area contributed by atoms with Crippen LogP contribution < -0.4 is 0 Å². The molecule has 0 rings (SSSR count). The standard InChI is InChI=1S/C8H15O.Al.2H/c1-3-4-5-6-7-8(2)9;;;/h7H,3-6H2,1-2H3;;;. The van der Waals surface area contributed by atoms with Crippen LogP contribution in [0.4, 0.5) is 0 Å². The van der Waals surface area contributed by atoms with E-state index in [4.69, 9.17) is 0 Å². The molecule has 0 aromatic carbocycles. The molecule has 0 radical (unpaired) electrons. The minimum Gasteiger partial charge on any atom is -0.301 e. The highest BCUT2D eigenvalue weighted by Gasteiger charge is 2.05. The summed E-state index contributed by atoms with van der Waals surface area (Å²) in [6, 6.07) is 0. The maximum absolute atomic E-state index is 10.8. The molecule has 0 aromatic rings. The van der Waals surface area contributed by atoms with Gasteiger partial charge < -0.3 is 4.79 Å². The molecule has 0 spiro atoms. The average molecular weight is 156 g/mol. The van der Waals surface area contributed by atoms with E-state index < -0.39 is 0 Å². The molecule has 0 aromatic heterocycles. The highest BCUT2D eigenvalue weighted by Crippen LogP contribution is 2.12. The fourth-order valence-electron chi connectivity index (χ4n) is 0.904. The van der Waals surface area contributed by atoms with Gasteiger partial charge in [-0.1, -0.05) is 32.6 Å². The second kappa shape index (κ2) is 5.95. The van der Waals surface area contributed by atoms with E-state index in [1.165, 1.54) is 19.3 Å². The van der Waals surface area contributed by atoms with Gasteiger partial charge in [0.1, 0.15) is 5.78 Å². The minimum atomic E-state index is 0.391. The Kier molecular flexibility index (Phi) is 6.07. The summed E-state index contributed by atoms with van der Waals surface area (Å²) in [6.45, 7) is 3.90. The molecule has 0 fully saturated rings. The van der Waals surface area contributed by atoms with Crippen LogP contribution in [0.2, 0.25) is 4.78 Å². The third-order valence-electron chi connectivity index (χ3n) is 1.93. The molecule has 1 atom stereocenters. The van der Waals surface area contributed by atoms with Crippen molar-refractivity contribution in [1.82, 2.24) is 0 Å². The molecule has 58 valence electrons. The highest BCUT2D eigenvalue weighted by atomic mass is 27.0. The smallest absolute Gasteiger partial charge is 0.228 e. The largest absolute Gasteiger partial charge is 0.301 e. The summed E-state index contributed by atoms with van der Waals surface area (Å²) in [4.78, 5) is 10.8. The average Bonchev–Trinajstić information content (AvgIpc) is 1.88. The molecule has 0 aliphatic rings. The van der Waals surface area contributed by atoms with E-state index in [-0.39, 0.29) is 0 Å². The SMILES string of the molecule is CCCCC[CH]([AlH2])C(C)=O. The monoisotopic (exact) mass is 156 g/mol. The highest BCUT2D eigenvalue weighted by molar-refractivity contribution is 6.23. The van der Waals surface area contributed by atoms with Crippen LogP contribution in [0.25, 0.3) is 0 Å². The van der Waals surface area contributed by atoms with Crippen LogP contribution in [0, 0.1) is 0 Å². The van der Waals surface area contributed by atoms with Crippen molar-refractivity contribution in [2.24, 2.45) is 0 Å². The Hall–Kier alpha value is 0.202. The Morgan fingerprint density at radius 3 is 2.50 bits per heavy atom. The molecular weight excluding hydrogens is 139 g/mol. The number of hydrogen-bond acceptors (Lipinski definition) is 1. The first kappa shape index (κ1) is 10.2. The minimum absolute atomic E-state index is 0.391. The Balaban J connectivity index is 3.21. The molecule has 2 heteroatoms. The van der Waals surface area contributed by atoms with Gasteiger partial charge in [0.2, 0.25) is 16.3 Å². The van der Waals surface area contributed by atoms with Crippen LogP contribution in [0.5, 0.6) is 0 Å². The van der Waals surface area contributed by atoms with Crippen LogP contribution in [0.1, 0.15) is 39.5 Å². The number of carbonyl (C=O) groups is 1. The number of unbranched alkanes of at least 4 members (excludes halogenated alkanes) is 2. The summed E-state index contributed by atoms with van der Waals surface area (Å²) in [5.41, 5.74) is 0. The van der Waals surface area contributed by atoms with Gasteiger partial charge in [-0.25, -0.2) is 0 Å². The van der Waals surface area contributed by atoms with Gasteiger partial charge in [-0.05, 0) is 11.7 Å². The number of Topliss-reactive ketones (excluding diaryl/α,β-unsaturated/α-hetero) is 1. The summed E-state index contributed by atoms with van der Waals surface area (Å²) < 4.78 is 0.423. The third kappa shape index (κ3) is 5.02. The lowest BCUT2D eigenvalue weighted by molar-refractivity contribution is -0.117. The zero-order valence-electron chi connectivity index (χ0n) is 7.31. The number of ketones is 1. The van der Waals surface area contributed by atoms with Crippen LogP contribution in [-0.4, -0.2) is 22.1 Å². The van der Waals surface area contributed by atoms with E-state index in [1.54, 1.807) is 6.92 Å². The maximum Gasteiger partial charge on any atom is 0.228 e. The van der Waals surface area contributed by atoms with Gasteiger partial charge in [-0.3, -0.25) is 0 Å². The fraction of sp³-hybridized carbons (Fsp3) is 0.875. The molecule has 0 saturated heterocycles. The topological polar surface area (TPSA) is 17.1 Å². The van der Waals surface area contributed by atoms with Crippen molar-refractivity contribution in [3.8, 4) is 0 Å². The molecule has 0 heterocycles. The molecule has 1 unspecified atom stereocenters. The van der Waals surface area contributed by atoms with E-state index in [9.17, 15) is 4.79 Å². The van der Waals surface area contributed by atoms with Crippen molar-refractivity contribution in [3.05, 3.63) is 0 Å². The molecule has 0 saturated carbocycles. The Bertz CT molecular complexity index is 101. The van der Waals surface area contributed by atoms with Gasteiger partial charge in [0.05, 0.1) is 0 Å². The lowest BCUT2D eigenvalue weighted by atomic mass is 10.1. The van der Waals surface area contributed by atoms with Crippen molar-refractivity contribution < 1.29 is 4.79 Å². The fourth-order valence-corrected chi connectivity index (χ4v) is 1.31. The van der Waals surface area contributed by atoms with Crippen LogP contribution >= 0.6 is 0 Å². The lowest BCUT2D eigenvalue weighted by Crippen LogP contribution is -2.03. The molecule has 0 aliphatic heterocycles. The van der Waals surface area contributed by atoms with E-state index in [2.05, 4.69) is 6.92 Å². The molecule has 0 amide bonds. The first-order valence-corrected chi connectivity index (χ1v) is 5.34. The summed E-state index contributed by atoms with van der Waals surface area (Å²) in [6.07, 6.45) is 4.91. The molecular formula is C8H17AlO. The first-order chi connectivity index (χ1) is 4.68. The van der Waals surface area contributed by atoms with Gasteiger partial charge in [0.25, 0.3) is 0 Å². The number of hydrogen-bond donors (Lipinski definition) is 0. The molecule has 0 N–H and O–H groups in total. The predicted octanol–water partition coefficient (Wildman–Crippen LogP) is 1.58. The van der Waals surface area contributed by atoms with E-state index in [0.29, 0.717) is 10.6 Å². The Labute approximate surface area is 71.6 Å². The zero-order chi connectivity index (χ0) is 7.98. The molecule has 10 heavy (non-hydrogen) atoms. The van der Waals surface area contributed by atoms with Crippen LogP contribution in [0.15, 0.2) is 0 Å². The maximum atomic E-state index is 10.8.